The van der Waals surface area contributed by atoms with E-state index < -0.39 is 0 Å². The lowest BCUT2D eigenvalue weighted by Crippen LogP contribution is -2.19. The monoisotopic (exact) mass is 172 g/mol. The van der Waals surface area contributed by atoms with E-state index in [1.807, 2.05) is 33.0 Å². The Labute approximate surface area is 72.9 Å². The molecule has 0 atom stereocenters. The summed E-state index contributed by atoms with van der Waals surface area (Å²) < 4.78 is 4.55. The van der Waals surface area contributed by atoms with Crippen molar-refractivity contribution in [2.24, 2.45) is 0 Å². The third-order valence-electron chi connectivity index (χ3n) is 0.925. The van der Waals surface area contributed by atoms with Crippen LogP contribution in [0, 0.1) is 0 Å². The van der Waals surface area contributed by atoms with Crippen LogP contribution in [0.1, 0.15) is 20.8 Å². The molecule has 1 aliphatic rings. The van der Waals surface area contributed by atoms with Crippen molar-refractivity contribution < 1.29 is 9.53 Å². The summed E-state index contributed by atoms with van der Waals surface area (Å²) in [5.74, 6) is 0. The molecule has 0 bridgehead atoms. The van der Waals surface area contributed by atoms with E-state index >= 15 is 0 Å². The predicted molar refractivity (Wildman–Crippen MR) is 47.2 cm³/mol. The lowest BCUT2D eigenvalue weighted by atomic mass is 10.2. The molecule has 0 aromatic rings. The average Bonchev–Trinajstić information content (AvgIpc) is 2.38. The van der Waals surface area contributed by atoms with E-state index in [-0.39, 0.29) is 5.60 Å². The zero-order valence-electron chi connectivity index (χ0n) is 7.76. The normalized spacial score (nSPS) is 14.2. The molecule has 4 nitrogen and oxygen atoms in total. The third-order valence-corrected chi connectivity index (χ3v) is 0.925. The first-order valence-corrected chi connectivity index (χ1v) is 3.81. The highest BCUT2D eigenvalue weighted by Gasteiger charge is 2.07. The first-order valence-electron chi connectivity index (χ1n) is 3.81. The molecular weight excluding hydrogens is 156 g/mol. The lowest BCUT2D eigenvalue weighted by Gasteiger charge is -2.14. The number of hydrazine groups is 1. The van der Waals surface area contributed by atoms with Crippen molar-refractivity contribution in [3.63, 3.8) is 0 Å². The first-order chi connectivity index (χ1) is 5.56. The van der Waals surface area contributed by atoms with E-state index in [1.165, 1.54) is 0 Å². The Balaban J connectivity index is 0.000000211. The van der Waals surface area contributed by atoms with Crippen molar-refractivity contribution in [1.29, 1.82) is 0 Å². The molecule has 1 rings (SSSR count). The van der Waals surface area contributed by atoms with Gasteiger partial charge in [-0.05, 0) is 20.8 Å². The van der Waals surface area contributed by atoms with Gasteiger partial charge in [-0.3, -0.25) is 4.79 Å². The first kappa shape index (κ1) is 11.0. The van der Waals surface area contributed by atoms with Gasteiger partial charge in [-0.15, -0.1) is 0 Å². The number of nitrogens with one attached hydrogen (secondary N) is 2. The fourth-order valence-electron chi connectivity index (χ4n) is 0.439. The van der Waals surface area contributed by atoms with Crippen LogP contribution in [0.15, 0.2) is 12.3 Å². The molecule has 0 spiro atoms. The van der Waals surface area contributed by atoms with E-state index in [0.29, 0.717) is 6.47 Å². The Kier molecular flexibility index (Phi) is 5.12. The van der Waals surface area contributed by atoms with Crippen LogP contribution >= 0.6 is 0 Å². The molecule has 0 aromatic heterocycles. The molecule has 2 N–H and O–H groups in total. The van der Waals surface area contributed by atoms with Crippen LogP contribution in [0.3, 0.4) is 0 Å². The van der Waals surface area contributed by atoms with Gasteiger partial charge >= 0.3 is 0 Å². The third kappa shape index (κ3) is 8.97. The minimum absolute atomic E-state index is 0.318. The van der Waals surface area contributed by atoms with E-state index in [9.17, 15) is 4.79 Å². The number of rotatable bonds is 1. The quantitative estimate of drug-likeness (QED) is 0.568. The smallest absolute Gasteiger partial charge is 0.293 e. The number of hydrogen-bond acceptors (Lipinski definition) is 4. The zero-order chi connectivity index (χ0) is 9.45. The molecule has 0 amide bonds. The van der Waals surface area contributed by atoms with Gasteiger partial charge in [0.1, 0.15) is 5.60 Å². The van der Waals surface area contributed by atoms with Gasteiger partial charge in [0.05, 0.1) is 0 Å². The van der Waals surface area contributed by atoms with Crippen LogP contribution in [-0.2, 0) is 9.53 Å². The van der Waals surface area contributed by atoms with Crippen LogP contribution < -0.4 is 10.9 Å². The molecule has 0 aromatic carbocycles. The summed E-state index contributed by atoms with van der Waals surface area (Å²) in [6.07, 6.45) is 3.89. The Morgan fingerprint density at radius 3 is 2.25 bits per heavy atom. The number of ether oxygens (including phenoxy) is 1. The van der Waals surface area contributed by atoms with Crippen LogP contribution in [-0.4, -0.2) is 18.6 Å². The van der Waals surface area contributed by atoms with Crippen molar-refractivity contribution in [2.45, 2.75) is 26.4 Å². The summed E-state index contributed by atoms with van der Waals surface area (Å²) in [4.78, 5) is 9.60. The van der Waals surface area contributed by atoms with Crippen molar-refractivity contribution in [2.75, 3.05) is 6.54 Å². The Hall–Kier alpha value is -1.03. The van der Waals surface area contributed by atoms with E-state index in [0.717, 1.165) is 6.54 Å². The fraction of sp³-hybridized carbons (Fsp3) is 0.625. The summed E-state index contributed by atoms with van der Waals surface area (Å²) in [6, 6.07) is 0. The molecule has 0 fully saturated rings. The number of carbonyl (C=O) groups excluding carboxylic acids is 1. The van der Waals surface area contributed by atoms with Gasteiger partial charge in [-0.2, -0.15) is 0 Å². The molecule has 0 saturated carbocycles. The maximum atomic E-state index is 9.60. The summed E-state index contributed by atoms with van der Waals surface area (Å²) >= 11 is 0. The molecule has 0 unspecified atom stereocenters. The molecule has 0 saturated heterocycles. The maximum absolute atomic E-state index is 9.60. The maximum Gasteiger partial charge on any atom is 0.293 e. The summed E-state index contributed by atoms with van der Waals surface area (Å²) in [5.41, 5.74) is 5.34. The lowest BCUT2D eigenvalue weighted by molar-refractivity contribution is -0.138. The van der Waals surface area contributed by atoms with Crippen molar-refractivity contribution in [1.82, 2.24) is 10.9 Å². The molecule has 1 heterocycles. The van der Waals surface area contributed by atoms with Crippen molar-refractivity contribution in [3.05, 3.63) is 12.3 Å². The standard InChI is InChI=1S/C5H10O2.C3H6N2/c1-5(2,3)7-4-6;1-2-4-5-3-1/h4H,1-3H3;1-2,4-5H,3H2. The second-order valence-corrected chi connectivity index (χ2v) is 3.25. The molecule has 0 aliphatic carbocycles. The number of hydrogen-bond donors (Lipinski definition) is 2. The van der Waals surface area contributed by atoms with E-state index in [4.69, 9.17) is 0 Å². The highest BCUT2D eigenvalue weighted by atomic mass is 16.5. The summed E-state index contributed by atoms with van der Waals surface area (Å²) in [5, 5.41) is 0. The van der Waals surface area contributed by atoms with E-state index in [2.05, 4.69) is 15.6 Å². The van der Waals surface area contributed by atoms with E-state index in [1.54, 1.807) is 0 Å². The van der Waals surface area contributed by atoms with Gasteiger partial charge in [0, 0.05) is 12.7 Å². The average molecular weight is 172 g/mol. The van der Waals surface area contributed by atoms with Crippen molar-refractivity contribution in [3.8, 4) is 0 Å². The molecule has 12 heavy (non-hydrogen) atoms. The van der Waals surface area contributed by atoms with Crippen LogP contribution in [0.2, 0.25) is 0 Å². The Morgan fingerprint density at radius 1 is 1.50 bits per heavy atom. The van der Waals surface area contributed by atoms with Gasteiger partial charge < -0.3 is 10.2 Å². The largest absolute Gasteiger partial charge is 0.462 e. The van der Waals surface area contributed by atoms with Gasteiger partial charge in [0.25, 0.3) is 6.47 Å². The molecule has 4 heteroatoms. The number of carbonyl (C=O) groups is 1. The fourth-order valence-corrected chi connectivity index (χ4v) is 0.439. The van der Waals surface area contributed by atoms with Gasteiger partial charge in [-0.25, -0.2) is 5.43 Å². The minimum atomic E-state index is -0.318. The highest BCUT2D eigenvalue weighted by molar-refractivity contribution is 5.37. The van der Waals surface area contributed by atoms with Crippen molar-refractivity contribution >= 4 is 6.47 Å². The van der Waals surface area contributed by atoms with Gasteiger partial charge in [-0.1, -0.05) is 6.08 Å². The second kappa shape index (κ2) is 5.60. The molecule has 1 aliphatic heterocycles. The Bertz CT molecular complexity index is 144. The topological polar surface area (TPSA) is 50.4 Å². The second-order valence-electron chi connectivity index (χ2n) is 3.25. The molecule has 70 valence electrons. The minimum Gasteiger partial charge on any atom is -0.462 e. The van der Waals surface area contributed by atoms with Crippen LogP contribution in [0.4, 0.5) is 0 Å². The van der Waals surface area contributed by atoms with Gasteiger partial charge in [0.2, 0.25) is 0 Å². The highest BCUT2D eigenvalue weighted by Crippen LogP contribution is 2.02. The zero-order valence-corrected chi connectivity index (χ0v) is 7.76. The SMILES string of the molecule is C1=CNNC1.CC(C)(C)OC=O. The molecular formula is C8H16N2O2. The van der Waals surface area contributed by atoms with Crippen LogP contribution in [0.5, 0.6) is 0 Å². The van der Waals surface area contributed by atoms with Crippen LogP contribution in [0.25, 0.3) is 0 Å². The van der Waals surface area contributed by atoms with Gasteiger partial charge in [0.15, 0.2) is 0 Å². The molecule has 0 radical (unpaired) electrons. The summed E-state index contributed by atoms with van der Waals surface area (Å²) in [6.45, 7) is 6.88. The Morgan fingerprint density at radius 2 is 2.17 bits per heavy atom. The summed E-state index contributed by atoms with van der Waals surface area (Å²) in [7, 11) is 0. The predicted octanol–water partition coefficient (Wildman–Crippen LogP) is 0.566.